The van der Waals surface area contributed by atoms with E-state index >= 15 is 0 Å². The van der Waals surface area contributed by atoms with Crippen LogP contribution in [-0.4, -0.2) is 21.0 Å². The molecule has 1 aromatic heterocycles. The van der Waals surface area contributed by atoms with Crippen molar-refractivity contribution in [2.45, 2.75) is 19.8 Å². The maximum Gasteiger partial charge on any atom is 0.354 e. The molecule has 1 heterocycles. The predicted octanol–water partition coefficient (Wildman–Crippen LogP) is 3.09. The fourth-order valence-corrected chi connectivity index (χ4v) is 1.54. The molecule has 0 amide bonds. The molecular weight excluding hydrogens is 244 g/mol. The molecule has 0 aliphatic carbocycles. The van der Waals surface area contributed by atoms with E-state index in [2.05, 4.69) is 23.8 Å². The molecule has 1 N–H and O–H groups in total. The SMILES string of the molecule is CC(C)c1ccc(Oc2nccc(C(=O)O)n2)cc1. The Morgan fingerprint density at radius 3 is 2.47 bits per heavy atom. The molecule has 0 fully saturated rings. The van der Waals surface area contributed by atoms with Crippen LogP contribution in [0.15, 0.2) is 36.5 Å². The van der Waals surface area contributed by atoms with Crippen LogP contribution in [0.3, 0.4) is 0 Å². The zero-order valence-electron chi connectivity index (χ0n) is 10.7. The smallest absolute Gasteiger partial charge is 0.354 e. The number of nitrogens with zero attached hydrogens (tertiary/aromatic N) is 2. The third-order valence-electron chi connectivity index (χ3n) is 2.61. The third-order valence-corrected chi connectivity index (χ3v) is 2.61. The first-order valence-electron chi connectivity index (χ1n) is 5.90. The number of rotatable bonds is 4. The standard InChI is InChI=1S/C14H14N2O3/c1-9(2)10-3-5-11(6-4-10)19-14-15-8-7-12(16-14)13(17)18/h3-9H,1-2H3,(H,17,18). The number of benzene rings is 1. The van der Waals surface area contributed by atoms with Gasteiger partial charge in [-0.25, -0.2) is 9.78 Å². The van der Waals surface area contributed by atoms with Crippen LogP contribution < -0.4 is 4.74 Å². The fraction of sp³-hybridized carbons (Fsp3) is 0.214. The number of hydrogen-bond acceptors (Lipinski definition) is 4. The van der Waals surface area contributed by atoms with Gasteiger partial charge in [0.05, 0.1) is 0 Å². The lowest BCUT2D eigenvalue weighted by Gasteiger charge is -2.07. The predicted molar refractivity (Wildman–Crippen MR) is 69.6 cm³/mol. The largest absolute Gasteiger partial charge is 0.477 e. The van der Waals surface area contributed by atoms with E-state index in [-0.39, 0.29) is 11.7 Å². The molecule has 0 unspecified atom stereocenters. The Kier molecular flexibility index (Phi) is 3.75. The molecule has 0 saturated heterocycles. The van der Waals surface area contributed by atoms with E-state index in [9.17, 15) is 4.79 Å². The van der Waals surface area contributed by atoms with Crippen LogP contribution >= 0.6 is 0 Å². The highest BCUT2D eigenvalue weighted by atomic mass is 16.5. The van der Waals surface area contributed by atoms with E-state index in [0.717, 1.165) is 0 Å². The Balaban J connectivity index is 2.16. The normalized spacial score (nSPS) is 10.5. The molecule has 0 atom stereocenters. The van der Waals surface area contributed by atoms with Gasteiger partial charge in [0.25, 0.3) is 0 Å². The lowest BCUT2D eigenvalue weighted by molar-refractivity contribution is 0.0689. The third kappa shape index (κ3) is 3.28. The summed E-state index contributed by atoms with van der Waals surface area (Å²) in [5.41, 5.74) is 1.11. The van der Waals surface area contributed by atoms with Crippen LogP contribution in [0.2, 0.25) is 0 Å². The second-order valence-electron chi connectivity index (χ2n) is 4.36. The molecular formula is C14H14N2O3. The van der Waals surface area contributed by atoms with Gasteiger partial charge in [-0.2, -0.15) is 4.98 Å². The molecule has 98 valence electrons. The molecule has 0 aliphatic rings. The average Bonchev–Trinajstić information content (AvgIpc) is 2.39. The Morgan fingerprint density at radius 2 is 1.89 bits per heavy atom. The summed E-state index contributed by atoms with van der Waals surface area (Å²) in [5.74, 6) is -0.0880. The van der Waals surface area contributed by atoms with Gasteiger partial charge < -0.3 is 9.84 Å². The van der Waals surface area contributed by atoms with E-state index in [1.165, 1.54) is 17.8 Å². The molecule has 19 heavy (non-hydrogen) atoms. The summed E-state index contributed by atoms with van der Waals surface area (Å²) in [6.45, 7) is 4.21. The molecule has 5 heteroatoms. The number of aromatic nitrogens is 2. The first-order chi connectivity index (χ1) is 9.06. The van der Waals surface area contributed by atoms with Gasteiger partial charge in [-0.15, -0.1) is 0 Å². The van der Waals surface area contributed by atoms with Crippen molar-refractivity contribution in [2.24, 2.45) is 0 Å². The lowest BCUT2D eigenvalue weighted by atomic mass is 10.0. The zero-order valence-corrected chi connectivity index (χ0v) is 10.7. The molecule has 0 radical (unpaired) electrons. The van der Waals surface area contributed by atoms with Crippen molar-refractivity contribution in [3.8, 4) is 11.8 Å². The van der Waals surface area contributed by atoms with Crippen LogP contribution in [0.5, 0.6) is 11.8 Å². The van der Waals surface area contributed by atoms with Gasteiger partial charge in [-0.3, -0.25) is 0 Å². The summed E-state index contributed by atoms with van der Waals surface area (Å²) in [7, 11) is 0. The first kappa shape index (κ1) is 13.0. The highest BCUT2D eigenvalue weighted by Crippen LogP contribution is 2.21. The van der Waals surface area contributed by atoms with Crippen LogP contribution in [0.1, 0.15) is 35.8 Å². The molecule has 2 aromatic rings. The first-order valence-corrected chi connectivity index (χ1v) is 5.90. The lowest BCUT2D eigenvalue weighted by Crippen LogP contribution is -2.02. The molecule has 0 bridgehead atoms. The van der Waals surface area contributed by atoms with Crippen LogP contribution in [-0.2, 0) is 0 Å². The van der Waals surface area contributed by atoms with Crippen molar-refractivity contribution in [1.82, 2.24) is 9.97 Å². The van der Waals surface area contributed by atoms with Crippen molar-refractivity contribution >= 4 is 5.97 Å². The molecule has 1 aromatic carbocycles. The van der Waals surface area contributed by atoms with Gasteiger partial charge in [-0.05, 0) is 29.7 Å². The van der Waals surface area contributed by atoms with Gasteiger partial charge in [0.1, 0.15) is 5.75 Å². The molecule has 5 nitrogen and oxygen atoms in total. The topological polar surface area (TPSA) is 72.3 Å². The summed E-state index contributed by atoms with van der Waals surface area (Å²) in [6, 6.07) is 8.88. The van der Waals surface area contributed by atoms with E-state index in [4.69, 9.17) is 9.84 Å². The van der Waals surface area contributed by atoms with Gasteiger partial charge in [-0.1, -0.05) is 26.0 Å². The summed E-state index contributed by atoms with van der Waals surface area (Å²) in [4.78, 5) is 18.4. The number of carboxylic acids is 1. The Morgan fingerprint density at radius 1 is 1.21 bits per heavy atom. The van der Waals surface area contributed by atoms with Gasteiger partial charge >= 0.3 is 12.0 Å². The Hall–Kier alpha value is -2.43. The van der Waals surface area contributed by atoms with E-state index in [0.29, 0.717) is 11.7 Å². The Labute approximate surface area is 110 Å². The molecule has 2 rings (SSSR count). The van der Waals surface area contributed by atoms with Crippen LogP contribution in [0.4, 0.5) is 0 Å². The maximum absolute atomic E-state index is 10.8. The minimum Gasteiger partial charge on any atom is -0.477 e. The minimum atomic E-state index is -1.11. The van der Waals surface area contributed by atoms with Gasteiger partial charge in [0.2, 0.25) is 0 Å². The minimum absolute atomic E-state index is 0.0252. The summed E-state index contributed by atoms with van der Waals surface area (Å²) >= 11 is 0. The average molecular weight is 258 g/mol. The quantitative estimate of drug-likeness (QED) is 0.912. The van der Waals surface area contributed by atoms with Crippen molar-refractivity contribution in [1.29, 1.82) is 0 Å². The molecule has 0 aliphatic heterocycles. The monoisotopic (exact) mass is 258 g/mol. The highest BCUT2D eigenvalue weighted by molar-refractivity contribution is 5.85. The summed E-state index contributed by atoms with van der Waals surface area (Å²) in [5, 5.41) is 8.83. The number of hydrogen-bond donors (Lipinski definition) is 1. The molecule has 0 spiro atoms. The second-order valence-corrected chi connectivity index (χ2v) is 4.36. The Bertz CT molecular complexity index is 579. The van der Waals surface area contributed by atoms with Crippen LogP contribution in [0.25, 0.3) is 0 Å². The highest BCUT2D eigenvalue weighted by Gasteiger charge is 2.08. The zero-order chi connectivity index (χ0) is 13.8. The molecule has 0 saturated carbocycles. The number of aromatic carboxylic acids is 1. The summed E-state index contributed by atoms with van der Waals surface area (Å²) < 4.78 is 5.42. The van der Waals surface area contributed by atoms with E-state index in [1.807, 2.05) is 24.3 Å². The van der Waals surface area contributed by atoms with E-state index < -0.39 is 5.97 Å². The van der Waals surface area contributed by atoms with Crippen molar-refractivity contribution in [3.05, 3.63) is 47.8 Å². The van der Waals surface area contributed by atoms with Gasteiger partial charge in [0, 0.05) is 6.20 Å². The van der Waals surface area contributed by atoms with E-state index in [1.54, 1.807) is 0 Å². The number of carboxylic acid groups (broad SMARTS) is 1. The maximum atomic E-state index is 10.8. The van der Waals surface area contributed by atoms with Gasteiger partial charge in [0.15, 0.2) is 5.69 Å². The van der Waals surface area contributed by atoms with Crippen molar-refractivity contribution in [3.63, 3.8) is 0 Å². The fourth-order valence-electron chi connectivity index (χ4n) is 1.54. The van der Waals surface area contributed by atoms with Crippen molar-refractivity contribution in [2.75, 3.05) is 0 Å². The van der Waals surface area contributed by atoms with Crippen molar-refractivity contribution < 1.29 is 14.6 Å². The number of carbonyl (C=O) groups is 1. The number of ether oxygens (including phenoxy) is 1. The van der Waals surface area contributed by atoms with Crippen LogP contribution in [0, 0.1) is 0 Å². The summed E-state index contributed by atoms with van der Waals surface area (Å²) in [6.07, 6.45) is 1.36. The second kappa shape index (κ2) is 5.48.